The van der Waals surface area contributed by atoms with Gasteiger partial charge in [-0.15, -0.1) is 0 Å². The lowest BCUT2D eigenvalue weighted by molar-refractivity contribution is 0.392. The van der Waals surface area contributed by atoms with Crippen molar-refractivity contribution in [2.75, 3.05) is 18.0 Å². The van der Waals surface area contributed by atoms with E-state index in [1.807, 2.05) is 18.2 Å². The molecule has 6 heteroatoms. The molecule has 0 saturated heterocycles. The molecule has 0 unspecified atom stereocenters. The third-order valence-electron chi connectivity index (χ3n) is 4.60. The highest BCUT2D eigenvalue weighted by molar-refractivity contribution is 9.10. The summed E-state index contributed by atoms with van der Waals surface area (Å²) in [6.07, 6.45) is 0. The Morgan fingerprint density at radius 2 is 1.92 bits per heavy atom. The Bertz CT molecular complexity index is 916. The van der Waals surface area contributed by atoms with Gasteiger partial charge in [0.25, 0.3) is 0 Å². The Balaban J connectivity index is 2.19. The SMILES string of the molecule is CCN(CC)c1ccc2c(c1)OC(N)=C(C#N)[C@@H]2c1cc(Br)ccc1F. The van der Waals surface area contributed by atoms with Gasteiger partial charge in [-0.3, -0.25) is 0 Å². The minimum Gasteiger partial charge on any atom is -0.440 e. The Hall–Kier alpha value is -2.52. The fourth-order valence-corrected chi connectivity index (χ4v) is 3.66. The molecule has 1 aliphatic rings. The van der Waals surface area contributed by atoms with Crippen molar-refractivity contribution < 1.29 is 9.13 Å². The second kappa shape index (κ2) is 7.38. The van der Waals surface area contributed by atoms with Crippen LogP contribution in [0, 0.1) is 17.1 Å². The van der Waals surface area contributed by atoms with Gasteiger partial charge in [-0.25, -0.2) is 4.39 Å². The number of hydrogen-bond donors (Lipinski definition) is 1. The number of benzene rings is 2. The van der Waals surface area contributed by atoms with E-state index in [-0.39, 0.29) is 17.3 Å². The summed E-state index contributed by atoms with van der Waals surface area (Å²) in [5.41, 5.74) is 8.32. The van der Waals surface area contributed by atoms with Gasteiger partial charge in [0.05, 0.1) is 5.92 Å². The molecule has 3 rings (SSSR count). The highest BCUT2D eigenvalue weighted by Gasteiger charge is 2.32. The quantitative estimate of drug-likeness (QED) is 0.788. The number of halogens is 2. The van der Waals surface area contributed by atoms with E-state index in [4.69, 9.17) is 10.5 Å². The number of anilines is 1. The van der Waals surface area contributed by atoms with Crippen LogP contribution in [0.3, 0.4) is 0 Å². The summed E-state index contributed by atoms with van der Waals surface area (Å²) in [6.45, 7) is 5.86. The minimum absolute atomic E-state index is 0.0149. The Morgan fingerprint density at radius 1 is 1.19 bits per heavy atom. The first kappa shape index (κ1) is 18.3. The number of rotatable bonds is 4. The summed E-state index contributed by atoms with van der Waals surface area (Å²) in [5, 5.41) is 9.59. The fraction of sp³-hybridized carbons (Fsp3) is 0.250. The molecule has 2 aromatic rings. The van der Waals surface area contributed by atoms with Crippen LogP contribution in [-0.4, -0.2) is 13.1 Å². The molecular weight excluding hydrogens is 397 g/mol. The number of hydrogen-bond acceptors (Lipinski definition) is 4. The van der Waals surface area contributed by atoms with Gasteiger partial charge in [-0.1, -0.05) is 22.0 Å². The Kier molecular flexibility index (Phi) is 5.19. The van der Waals surface area contributed by atoms with Crippen molar-refractivity contribution in [2.45, 2.75) is 19.8 Å². The van der Waals surface area contributed by atoms with Gasteiger partial charge in [-0.05, 0) is 38.1 Å². The maximum absolute atomic E-state index is 14.6. The van der Waals surface area contributed by atoms with Crippen LogP contribution in [0.2, 0.25) is 0 Å². The lowest BCUT2D eigenvalue weighted by Crippen LogP contribution is -2.24. The molecule has 0 amide bonds. The van der Waals surface area contributed by atoms with E-state index in [0.717, 1.165) is 28.8 Å². The largest absolute Gasteiger partial charge is 0.440 e. The second-order valence-corrected chi connectivity index (χ2v) is 6.90. The molecule has 1 heterocycles. The standard InChI is InChI=1S/C20H19BrFN3O/c1-3-25(4-2)13-6-7-14-18(10-13)26-20(24)16(11-23)19(14)15-9-12(21)5-8-17(15)22/h5-10,19H,3-4,24H2,1-2H3/t19-/m0/s1. The zero-order valence-corrected chi connectivity index (χ0v) is 16.2. The first-order valence-electron chi connectivity index (χ1n) is 8.41. The van der Waals surface area contributed by atoms with Crippen molar-refractivity contribution in [1.29, 1.82) is 5.26 Å². The van der Waals surface area contributed by atoms with Gasteiger partial charge in [0, 0.05) is 40.4 Å². The maximum atomic E-state index is 14.6. The predicted octanol–water partition coefficient (Wildman–Crippen LogP) is 4.65. The van der Waals surface area contributed by atoms with Gasteiger partial charge in [0.15, 0.2) is 0 Å². The number of allylic oxidation sites excluding steroid dienone is 1. The maximum Gasteiger partial charge on any atom is 0.205 e. The third kappa shape index (κ3) is 3.15. The first-order chi connectivity index (χ1) is 12.5. The van der Waals surface area contributed by atoms with Gasteiger partial charge in [0.2, 0.25) is 5.88 Å². The van der Waals surface area contributed by atoms with Crippen LogP contribution >= 0.6 is 15.9 Å². The van der Waals surface area contributed by atoms with Crippen LogP contribution < -0.4 is 15.4 Å². The lowest BCUT2D eigenvalue weighted by atomic mass is 9.83. The third-order valence-corrected chi connectivity index (χ3v) is 5.09. The van der Waals surface area contributed by atoms with Crippen molar-refractivity contribution in [3.8, 4) is 11.8 Å². The molecule has 2 aromatic carbocycles. The molecule has 0 aromatic heterocycles. The highest BCUT2D eigenvalue weighted by atomic mass is 79.9. The average Bonchev–Trinajstić information content (AvgIpc) is 2.63. The van der Waals surface area contributed by atoms with Crippen LogP contribution in [0.1, 0.15) is 30.9 Å². The average molecular weight is 416 g/mol. The fourth-order valence-electron chi connectivity index (χ4n) is 3.29. The lowest BCUT2D eigenvalue weighted by Gasteiger charge is -2.29. The van der Waals surface area contributed by atoms with Crippen LogP contribution in [0.4, 0.5) is 10.1 Å². The van der Waals surface area contributed by atoms with Crippen LogP contribution in [0.15, 0.2) is 52.3 Å². The molecule has 0 fully saturated rings. The van der Waals surface area contributed by atoms with Gasteiger partial charge < -0.3 is 15.4 Å². The molecule has 4 nitrogen and oxygen atoms in total. The van der Waals surface area contributed by atoms with Crippen molar-refractivity contribution in [2.24, 2.45) is 5.73 Å². The van der Waals surface area contributed by atoms with E-state index in [2.05, 4.69) is 40.7 Å². The molecule has 2 N–H and O–H groups in total. The Labute approximate surface area is 160 Å². The molecule has 0 radical (unpaired) electrons. The molecular formula is C20H19BrFN3O. The topological polar surface area (TPSA) is 62.3 Å². The van der Waals surface area contributed by atoms with Crippen LogP contribution in [-0.2, 0) is 0 Å². The molecule has 0 spiro atoms. The monoisotopic (exact) mass is 415 g/mol. The molecule has 26 heavy (non-hydrogen) atoms. The normalized spacial score (nSPS) is 15.9. The van der Waals surface area contributed by atoms with Crippen LogP contribution in [0.5, 0.6) is 5.75 Å². The number of nitrogens with zero attached hydrogens (tertiary/aromatic N) is 2. The summed E-state index contributed by atoms with van der Waals surface area (Å²) >= 11 is 3.37. The first-order valence-corrected chi connectivity index (χ1v) is 9.20. The summed E-state index contributed by atoms with van der Waals surface area (Å²) in [7, 11) is 0. The van der Waals surface area contributed by atoms with Gasteiger partial charge in [-0.2, -0.15) is 5.26 Å². The van der Waals surface area contributed by atoms with E-state index >= 15 is 0 Å². The van der Waals surface area contributed by atoms with E-state index in [1.165, 1.54) is 6.07 Å². The van der Waals surface area contributed by atoms with Gasteiger partial charge >= 0.3 is 0 Å². The van der Waals surface area contributed by atoms with E-state index in [9.17, 15) is 9.65 Å². The zero-order valence-electron chi connectivity index (χ0n) is 14.6. The number of fused-ring (bicyclic) bond motifs is 1. The summed E-state index contributed by atoms with van der Waals surface area (Å²) in [6, 6.07) is 12.5. The van der Waals surface area contributed by atoms with E-state index < -0.39 is 5.92 Å². The number of nitriles is 1. The van der Waals surface area contributed by atoms with Crippen molar-refractivity contribution in [1.82, 2.24) is 0 Å². The van der Waals surface area contributed by atoms with Crippen molar-refractivity contribution >= 4 is 21.6 Å². The Morgan fingerprint density at radius 3 is 2.58 bits per heavy atom. The summed E-state index contributed by atoms with van der Waals surface area (Å²) < 4.78 is 21.0. The molecule has 0 aliphatic carbocycles. The summed E-state index contributed by atoms with van der Waals surface area (Å²) in [5.74, 6) is -0.428. The number of nitrogens with two attached hydrogens (primary N) is 1. The minimum atomic E-state index is -0.605. The van der Waals surface area contributed by atoms with Crippen molar-refractivity contribution in [3.63, 3.8) is 0 Å². The summed E-state index contributed by atoms with van der Waals surface area (Å²) in [4.78, 5) is 2.18. The predicted molar refractivity (Wildman–Crippen MR) is 103 cm³/mol. The molecule has 134 valence electrons. The molecule has 0 bridgehead atoms. The zero-order chi connectivity index (χ0) is 18.8. The van der Waals surface area contributed by atoms with E-state index in [0.29, 0.717) is 11.3 Å². The molecule has 1 atom stereocenters. The van der Waals surface area contributed by atoms with Crippen molar-refractivity contribution in [3.05, 3.63) is 69.3 Å². The smallest absolute Gasteiger partial charge is 0.205 e. The molecule has 1 aliphatic heterocycles. The van der Waals surface area contributed by atoms with Crippen LogP contribution in [0.25, 0.3) is 0 Å². The second-order valence-electron chi connectivity index (χ2n) is 5.99. The highest BCUT2D eigenvalue weighted by Crippen LogP contribution is 2.44. The van der Waals surface area contributed by atoms with Gasteiger partial charge in [0.1, 0.15) is 23.2 Å². The molecule has 0 saturated carbocycles. The number of ether oxygens (including phenoxy) is 1. The van der Waals surface area contributed by atoms with E-state index in [1.54, 1.807) is 12.1 Å².